The van der Waals surface area contributed by atoms with Crippen molar-refractivity contribution in [2.24, 2.45) is 0 Å². The Morgan fingerprint density at radius 2 is 1.62 bits per heavy atom. The summed E-state index contributed by atoms with van der Waals surface area (Å²) in [5, 5.41) is 0. The maximum absolute atomic E-state index is 10.6. The lowest BCUT2D eigenvalue weighted by atomic mass is 10.7. The molecule has 0 bridgehead atoms. The standard InChI is InChI=1S/C3H6N2OS2/c6-3-4(7)1-2-5(3)8/h7-8H,1-2H2. The zero-order valence-corrected chi connectivity index (χ0v) is 5.90. The second-order valence-corrected chi connectivity index (χ2v) is 2.49. The van der Waals surface area contributed by atoms with Crippen LogP contribution in [0, 0.1) is 0 Å². The molecule has 0 aromatic heterocycles. The van der Waals surface area contributed by atoms with E-state index in [4.69, 9.17) is 0 Å². The molecule has 1 saturated heterocycles. The minimum atomic E-state index is -0.142. The summed E-state index contributed by atoms with van der Waals surface area (Å²) in [5.74, 6) is 0. The second kappa shape index (κ2) is 2.06. The van der Waals surface area contributed by atoms with Crippen LogP contribution in [0.1, 0.15) is 0 Å². The van der Waals surface area contributed by atoms with Crippen LogP contribution in [0.3, 0.4) is 0 Å². The van der Waals surface area contributed by atoms with Crippen molar-refractivity contribution in [3.8, 4) is 0 Å². The summed E-state index contributed by atoms with van der Waals surface area (Å²) in [5.41, 5.74) is 0. The van der Waals surface area contributed by atoms with Gasteiger partial charge in [0.25, 0.3) is 0 Å². The van der Waals surface area contributed by atoms with E-state index in [1.165, 1.54) is 8.61 Å². The summed E-state index contributed by atoms with van der Waals surface area (Å²) in [4.78, 5) is 10.6. The Balaban J connectivity index is 2.57. The van der Waals surface area contributed by atoms with Crippen LogP contribution in [0.25, 0.3) is 0 Å². The van der Waals surface area contributed by atoms with E-state index >= 15 is 0 Å². The van der Waals surface area contributed by atoms with Crippen molar-refractivity contribution in [1.82, 2.24) is 8.61 Å². The van der Waals surface area contributed by atoms with E-state index in [1.54, 1.807) is 0 Å². The second-order valence-electron chi connectivity index (χ2n) is 1.53. The third kappa shape index (κ3) is 0.877. The van der Waals surface area contributed by atoms with Gasteiger partial charge in [0.15, 0.2) is 0 Å². The SMILES string of the molecule is O=C1N(S)CCN1S. The van der Waals surface area contributed by atoms with Crippen LogP contribution < -0.4 is 0 Å². The van der Waals surface area contributed by atoms with Gasteiger partial charge in [-0.05, 0) is 0 Å². The smallest absolute Gasteiger partial charge is 0.268 e. The van der Waals surface area contributed by atoms with Gasteiger partial charge in [0.1, 0.15) is 0 Å². The summed E-state index contributed by atoms with van der Waals surface area (Å²) in [6, 6.07) is -0.142. The van der Waals surface area contributed by atoms with Crippen molar-refractivity contribution < 1.29 is 4.79 Å². The highest BCUT2D eigenvalue weighted by Gasteiger charge is 2.22. The topological polar surface area (TPSA) is 23.6 Å². The van der Waals surface area contributed by atoms with Gasteiger partial charge in [-0.3, -0.25) is 8.61 Å². The molecule has 8 heavy (non-hydrogen) atoms. The molecule has 0 atom stereocenters. The summed E-state index contributed by atoms with van der Waals surface area (Å²) in [7, 11) is 0. The third-order valence-corrected chi connectivity index (χ3v) is 1.71. The van der Waals surface area contributed by atoms with Gasteiger partial charge in [-0.15, -0.1) is 0 Å². The first kappa shape index (κ1) is 6.10. The predicted octanol–water partition coefficient (Wildman–Crippen LogP) is 0.414. The van der Waals surface area contributed by atoms with Gasteiger partial charge in [0.05, 0.1) is 13.1 Å². The fourth-order valence-electron chi connectivity index (χ4n) is 0.514. The van der Waals surface area contributed by atoms with Crippen LogP contribution in [0.4, 0.5) is 4.79 Å². The molecule has 1 heterocycles. The number of amides is 2. The lowest BCUT2D eigenvalue weighted by molar-refractivity contribution is 0.228. The van der Waals surface area contributed by atoms with E-state index in [9.17, 15) is 4.79 Å². The van der Waals surface area contributed by atoms with E-state index in [2.05, 4.69) is 25.6 Å². The van der Waals surface area contributed by atoms with Crippen LogP contribution >= 0.6 is 25.6 Å². The Hall–Kier alpha value is -0.0300. The molecule has 3 nitrogen and oxygen atoms in total. The minimum Gasteiger partial charge on any atom is -0.268 e. The van der Waals surface area contributed by atoms with Crippen LogP contribution in [-0.4, -0.2) is 27.7 Å². The van der Waals surface area contributed by atoms with Gasteiger partial charge in [-0.1, -0.05) is 25.6 Å². The molecule has 2 amide bonds. The normalized spacial score (nSPS) is 20.5. The number of nitrogens with zero attached hydrogens (tertiary/aromatic N) is 2. The van der Waals surface area contributed by atoms with Gasteiger partial charge >= 0.3 is 6.03 Å². The fourth-order valence-corrected chi connectivity index (χ4v) is 0.979. The molecular formula is C3H6N2OS2. The summed E-state index contributed by atoms with van der Waals surface area (Å²) < 4.78 is 2.65. The molecule has 46 valence electrons. The highest BCUT2D eigenvalue weighted by atomic mass is 32.1. The number of carbonyl (C=O) groups excluding carboxylic acids is 1. The van der Waals surface area contributed by atoms with E-state index in [0.29, 0.717) is 13.1 Å². The molecule has 0 aromatic carbocycles. The monoisotopic (exact) mass is 150 g/mol. The first-order valence-electron chi connectivity index (χ1n) is 2.18. The van der Waals surface area contributed by atoms with Crippen LogP contribution in [-0.2, 0) is 0 Å². The maximum atomic E-state index is 10.6. The number of carbonyl (C=O) groups is 1. The van der Waals surface area contributed by atoms with Crippen LogP contribution in [0.5, 0.6) is 0 Å². The predicted molar refractivity (Wildman–Crippen MR) is 36.8 cm³/mol. The van der Waals surface area contributed by atoms with Crippen molar-refractivity contribution in [2.75, 3.05) is 13.1 Å². The summed E-state index contributed by atoms with van der Waals surface area (Å²) in [6.45, 7) is 1.32. The van der Waals surface area contributed by atoms with Crippen molar-refractivity contribution in [1.29, 1.82) is 0 Å². The molecular weight excluding hydrogens is 144 g/mol. The minimum absolute atomic E-state index is 0.142. The number of urea groups is 1. The average molecular weight is 150 g/mol. The molecule has 0 unspecified atom stereocenters. The third-order valence-electron chi connectivity index (χ3n) is 0.965. The Morgan fingerprint density at radius 3 is 1.75 bits per heavy atom. The molecule has 5 heteroatoms. The van der Waals surface area contributed by atoms with Gasteiger partial charge in [0.2, 0.25) is 0 Å². The van der Waals surface area contributed by atoms with Gasteiger partial charge in [0, 0.05) is 0 Å². The highest BCUT2D eigenvalue weighted by Crippen LogP contribution is 2.11. The van der Waals surface area contributed by atoms with E-state index in [-0.39, 0.29) is 6.03 Å². The van der Waals surface area contributed by atoms with Gasteiger partial charge in [-0.2, -0.15) is 0 Å². The molecule has 1 rings (SSSR count). The largest absolute Gasteiger partial charge is 0.339 e. The number of thiol groups is 2. The zero-order valence-electron chi connectivity index (χ0n) is 4.11. The number of hydrogen-bond acceptors (Lipinski definition) is 3. The molecule has 1 fully saturated rings. The molecule has 1 aliphatic heterocycles. The quantitative estimate of drug-likeness (QED) is 0.480. The zero-order chi connectivity index (χ0) is 6.15. The maximum Gasteiger partial charge on any atom is 0.339 e. The molecule has 0 radical (unpaired) electrons. The van der Waals surface area contributed by atoms with Crippen molar-refractivity contribution in [3.05, 3.63) is 0 Å². The number of rotatable bonds is 0. The first-order valence-corrected chi connectivity index (χ1v) is 2.98. The Bertz CT molecular complexity index is 106. The average Bonchev–Trinajstić information content (AvgIpc) is 1.98. The van der Waals surface area contributed by atoms with E-state index in [1.807, 2.05) is 0 Å². The lowest BCUT2D eigenvalue weighted by Gasteiger charge is -2.04. The van der Waals surface area contributed by atoms with E-state index in [0.717, 1.165) is 0 Å². The van der Waals surface area contributed by atoms with Crippen LogP contribution in [0.15, 0.2) is 0 Å². The Labute approximate surface area is 58.7 Å². The molecule has 0 N–H and O–H groups in total. The van der Waals surface area contributed by atoms with Crippen molar-refractivity contribution in [2.45, 2.75) is 0 Å². The number of hydrogen-bond donors (Lipinski definition) is 2. The fraction of sp³-hybridized carbons (Fsp3) is 0.667. The Kier molecular flexibility index (Phi) is 1.57. The molecule has 0 saturated carbocycles. The Morgan fingerprint density at radius 1 is 1.25 bits per heavy atom. The van der Waals surface area contributed by atoms with Crippen LogP contribution in [0.2, 0.25) is 0 Å². The summed E-state index contributed by atoms with van der Waals surface area (Å²) >= 11 is 7.68. The van der Waals surface area contributed by atoms with Crippen molar-refractivity contribution in [3.63, 3.8) is 0 Å². The highest BCUT2D eigenvalue weighted by molar-refractivity contribution is 7.79. The van der Waals surface area contributed by atoms with E-state index < -0.39 is 0 Å². The summed E-state index contributed by atoms with van der Waals surface area (Å²) in [6.07, 6.45) is 0. The van der Waals surface area contributed by atoms with Gasteiger partial charge < -0.3 is 0 Å². The van der Waals surface area contributed by atoms with Gasteiger partial charge in [-0.25, -0.2) is 4.79 Å². The van der Waals surface area contributed by atoms with Crippen molar-refractivity contribution >= 4 is 31.7 Å². The molecule has 1 aliphatic rings. The first-order chi connectivity index (χ1) is 3.72. The molecule has 0 aromatic rings. The molecule has 0 aliphatic carbocycles. The molecule has 0 spiro atoms. The lowest BCUT2D eigenvalue weighted by Crippen LogP contribution is -2.18.